The number of halogens is 2. The van der Waals surface area contributed by atoms with Crippen molar-refractivity contribution >= 4 is 18.2 Å². The molecule has 1 aliphatic carbocycles. The molecule has 3 rings (SSSR count). The van der Waals surface area contributed by atoms with Gasteiger partial charge in [-0.1, -0.05) is 0 Å². The topological polar surface area (TPSA) is 59.0 Å². The van der Waals surface area contributed by atoms with E-state index >= 15 is 0 Å². The number of nitrogens with one attached hydrogen (secondary N) is 2. The summed E-state index contributed by atoms with van der Waals surface area (Å²) in [6.07, 6.45) is 3.70. The Labute approximate surface area is 168 Å². The number of hydrogen-bond donors (Lipinski definition) is 2. The lowest BCUT2D eigenvalue weighted by Crippen LogP contribution is -2.31. The van der Waals surface area contributed by atoms with Gasteiger partial charge in [0.05, 0.1) is 6.54 Å². The van der Waals surface area contributed by atoms with Crippen molar-refractivity contribution in [1.82, 2.24) is 14.9 Å². The van der Waals surface area contributed by atoms with Gasteiger partial charge in [0.15, 0.2) is 4.77 Å². The lowest BCUT2D eigenvalue weighted by atomic mass is 9.87. The van der Waals surface area contributed by atoms with Crippen LogP contribution < -0.4 is 5.32 Å². The summed E-state index contributed by atoms with van der Waals surface area (Å²) in [5, 5.41) is 3.03. The number of rotatable bonds is 5. The van der Waals surface area contributed by atoms with Crippen LogP contribution in [0.5, 0.6) is 0 Å². The number of nitrogens with zero attached hydrogens (tertiary/aromatic N) is 1. The molecule has 152 valence electrons. The van der Waals surface area contributed by atoms with Crippen molar-refractivity contribution in [1.29, 1.82) is 0 Å². The smallest absolute Gasteiger partial charge is 0.320 e. The van der Waals surface area contributed by atoms with E-state index in [9.17, 15) is 13.6 Å². The number of aromatic amines is 1. The number of carbonyl (C=O) groups is 1. The van der Waals surface area contributed by atoms with Gasteiger partial charge in [-0.2, -0.15) is 0 Å². The first-order valence-corrected chi connectivity index (χ1v) is 9.72. The van der Waals surface area contributed by atoms with Crippen LogP contribution in [0.4, 0.5) is 8.78 Å². The van der Waals surface area contributed by atoms with E-state index in [2.05, 4.69) is 10.3 Å². The van der Waals surface area contributed by atoms with E-state index in [-0.39, 0.29) is 18.6 Å². The number of esters is 1. The number of imidazole rings is 1. The molecule has 1 aromatic heterocycles. The zero-order chi connectivity index (χ0) is 20.5. The molecule has 0 aliphatic heterocycles. The molecule has 1 unspecified atom stereocenters. The number of aromatic nitrogens is 2. The molecule has 2 aromatic rings. The Kier molecular flexibility index (Phi) is 6.00. The van der Waals surface area contributed by atoms with Crippen molar-refractivity contribution in [2.75, 3.05) is 6.54 Å². The number of carbonyl (C=O) groups excluding carboxylic acids is 1. The third-order valence-electron chi connectivity index (χ3n) is 4.63. The highest BCUT2D eigenvalue weighted by Crippen LogP contribution is 2.31. The van der Waals surface area contributed by atoms with Gasteiger partial charge in [0.25, 0.3) is 0 Å². The lowest BCUT2D eigenvalue weighted by molar-refractivity contribution is -0.153. The Morgan fingerprint density at radius 1 is 1.39 bits per heavy atom. The monoisotopic (exact) mass is 409 g/mol. The molecule has 1 aromatic carbocycles. The normalized spacial score (nSPS) is 16.7. The molecule has 1 heterocycles. The van der Waals surface area contributed by atoms with E-state index in [0.717, 1.165) is 18.2 Å². The highest BCUT2D eigenvalue weighted by atomic mass is 32.1. The van der Waals surface area contributed by atoms with Gasteiger partial charge in [-0.05, 0) is 69.4 Å². The number of benzene rings is 1. The quantitative estimate of drug-likeness (QED) is 0.579. The van der Waals surface area contributed by atoms with E-state index in [1.807, 2.05) is 31.5 Å². The van der Waals surface area contributed by atoms with Crippen LogP contribution >= 0.6 is 12.2 Å². The SMILES string of the molecule is CC(C)(C)OC(=O)CNCc1cn(C2CCc3c(F)cc(F)cc3C2)c(=S)[nH]1. The predicted octanol–water partition coefficient (Wildman–Crippen LogP) is 3.99. The molecule has 0 saturated carbocycles. The van der Waals surface area contributed by atoms with Crippen molar-refractivity contribution < 1.29 is 18.3 Å². The minimum Gasteiger partial charge on any atom is -0.459 e. The van der Waals surface area contributed by atoms with E-state index in [1.165, 1.54) is 6.07 Å². The van der Waals surface area contributed by atoms with E-state index in [1.54, 1.807) is 0 Å². The van der Waals surface area contributed by atoms with Crippen molar-refractivity contribution in [3.63, 3.8) is 0 Å². The van der Waals surface area contributed by atoms with Crippen LogP contribution in [0.3, 0.4) is 0 Å². The first-order valence-electron chi connectivity index (χ1n) is 9.32. The van der Waals surface area contributed by atoms with Gasteiger partial charge in [-0.25, -0.2) is 8.78 Å². The van der Waals surface area contributed by atoms with E-state index in [4.69, 9.17) is 17.0 Å². The highest BCUT2D eigenvalue weighted by molar-refractivity contribution is 7.71. The van der Waals surface area contributed by atoms with Crippen LogP contribution in [0.2, 0.25) is 0 Å². The standard InChI is InChI=1S/C20H25F2N3O2S/c1-20(2,3)27-18(26)10-23-9-14-11-25(19(28)24-14)15-4-5-16-12(7-15)6-13(21)8-17(16)22/h6,8,11,15,23H,4-5,7,9-10H2,1-3H3,(H,24,28). The van der Waals surface area contributed by atoms with Gasteiger partial charge >= 0.3 is 5.97 Å². The zero-order valence-electron chi connectivity index (χ0n) is 16.3. The van der Waals surface area contributed by atoms with Gasteiger partial charge < -0.3 is 19.6 Å². The molecular weight excluding hydrogens is 384 g/mol. The van der Waals surface area contributed by atoms with Crippen LogP contribution in [-0.2, 0) is 28.9 Å². The maximum atomic E-state index is 13.9. The van der Waals surface area contributed by atoms with Gasteiger partial charge in [0.2, 0.25) is 0 Å². The predicted molar refractivity (Wildman–Crippen MR) is 105 cm³/mol. The van der Waals surface area contributed by atoms with Crippen molar-refractivity contribution in [2.24, 2.45) is 0 Å². The number of ether oxygens (including phenoxy) is 1. The molecule has 8 heteroatoms. The van der Waals surface area contributed by atoms with Gasteiger partial charge in [0.1, 0.15) is 17.2 Å². The molecule has 0 spiro atoms. The lowest BCUT2D eigenvalue weighted by Gasteiger charge is -2.26. The highest BCUT2D eigenvalue weighted by Gasteiger charge is 2.24. The second-order valence-electron chi connectivity index (χ2n) is 8.10. The van der Waals surface area contributed by atoms with Crippen molar-refractivity contribution in [3.05, 3.63) is 51.6 Å². The van der Waals surface area contributed by atoms with E-state index in [0.29, 0.717) is 35.3 Å². The van der Waals surface area contributed by atoms with Crippen molar-refractivity contribution in [2.45, 2.75) is 58.2 Å². The Morgan fingerprint density at radius 3 is 2.86 bits per heavy atom. The van der Waals surface area contributed by atoms with Crippen molar-refractivity contribution in [3.8, 4) is 0 Å². The molecule has 0 radical (unpaired) electrons. The molecule has 1 aliphatic rings. The van der Waals surface area contributed by atoms with E-state index < -0.39 is 17.2 Å². The minimum absolute atomic E-state index is 0.0389. The molecule has 0 bridgehead atoms. The van der Waals surface area contributed by atoms with Gasteiger partial charge in [0, 0.05) is 30.5 Å². The minimum atomic E-state index is -0.554. The average Bonchev–Trinajstić information content (AvgIpc) is 2.93. The Hall–Kier alpha value is -2.06. The van der Waals surface area contributed by atoms with Crippen LogP contribution in [0.15, 0.2) is 18.3 Å². The number of H-pyrrole nitrogens is 1. The largest absolute Gasteiger partial charge is 0.459 e. The summed E-state index contributed by atoms with van der Waals surface area (Å²) in [6.45, 7) is 5.99. The summed E-state index contributed by atoms with van der Waals surface area (Å²) >= 11 is 5.42. The summed E-state index contributed by atoms with van der Waals surface area (Å²) in [5.74, 6) is -1.35. The molecular formula is C20H25F2N3O2S. The Bertz CT molecular complexity index is 931. The van der Waals surface area contributed by atoms with Gasteiger partial charge in [-0.15, -0.1) is 0 Å². The third kappa shape index (κ3) is 5.05. The fraction of sp³-hybridized carbons (Fsp3) is 0.500. The van der Waals surface area contributed by atoms with Gasteiger partial charge in [-0.3, -0.25) is 4.79 Å². The second kappa shape index (κ2) is 8.13. The molecule has 0 fully saturated rings. The Balaban J connectivity index is 1.63. The fourth-order valence-electron chi connectivity index (χ4n) is 3.52. The first-order chi connectivity index (χ1) is 13.1. The molecule has 2 N–H and O–H groups in total. The van der Waals surface area contributed by atoms with Crippen LogP contribution in [0.1, 0.15) is 50.1 Å². The third-order valence-corrected chi connectivity index (χ3v) is 4.94. The zero-order valence-corrected chi connectivity index (χ0v) is 17.1. The molecule has 0 saturated heterocycles. The van der Waals surface area contributed by atoms with Crippen LogP contribution in [-0.4, -0.2) is 27.7 Å². The average molecular weight is 410 g/mol. The molecule has 28 heavy (non-hydrogen) atoms. The van der Waals surface area contributed by atoms with Crippen LogP contribution in [0, 0.1) is 16.4 Å². The summed E-state index contributed by atoms with van der Waals surface area (Å²) < 4.78 is 35.2. The first kappa shape index (κ1) is 20.7. The molecule has 1 atom stereocenters. The maximum Gasteiger partial charge on any atom is 0.320 e. The number of hydrogen-bond acceptors (Lipinski definition) is 4. The Morgan fingerprint density at radius 2 is 2.14 bits per heavy atom. The summed E-state index contributed by atoms with van der Waals surface area (Å²) in [6, 6.07) is 2.39. The summed E-state index contributed by atoms with van der Waals surface area (Å²) in [5.41, 5.74) is 1.61. The van der Waals surface area contributed by atoms with Crippen LogP contribution in [0.25, 0.3) is 0 Å². The summed E-state index contributed by atoms with van der Waals surface area (Å²) in [4.78, 5) is 14.9. The molecule has 5 nitrogen and oxygen atoms in total. The number of fused-ring (bicyclic) bond motifs is 1. The summed E-state index contributed by atoms with van der Waals surface area (Å²) in [7, 11) is 0. The molecule has 0 amide bonds. The maximum absolute atomic E-state index is 13.9. The fourth-order valence-corrected chi connectivity index (χ4v) is 3.85. The second-order valence-corrected chi connectivity index (χ2v) is 8.49.